The number of amides is 1. The van der Waals surface area contributed by atoms with Crippen molar-refractivity contribution >= 4 is 5.91 Å². The molecule has 0 atom stereocenters. The molecule has 0 saturated carbocycles. The monoisotopic (exact) mass is 198 g/mol. The van der Waals surface area contributed by atoms with Gasteiger partial charge in [-0.1, -0.05) is 0 Å². The SMILES string of the molecule is CC([NH-])=O.[Ce]. The maximum absolute atomic E-state index is 9.11. The molecular formula is C2H4CeNO-. The van der Waals surface area contributed by atoms with Crippen molar-refractivity contribution in [2.24, 2.45) is 0 Å². The Morgan fingerprint density at radius 3 is 1.80 bits per heavy atom. The molecule has 0 rings (SSSR count). The number of carbonyl (C=O) groups excluding carboxylic acids is 1. The first-order valence-electron chi connectivity index (χ1n) is 0.954. The third-order valence-electron chi connectivity index (χ3n) is 0. The van der Waals surface area contributed by atoms with Crippen LogP contribution in [0.3, 0.4) is 0 Å². The van der Waals surface area contributed by atoms with Crippen LogP contribution >= 0.6 is 0 Å². The third kappa shape index (κ3) is 54.8. The molecule has 0 unspecified atom stereocenters. The van der Waals surface area contributed by atoms with E-state index < -0.39 is 5.91 Å². The van der Waals surface area contributed by atoms with Gasteiger partial charge >= 0.3 is 0 Å². The van der Waals surface area contributed by atoms with E-state index in [0.29, 0.717) is 0 Å². The predicted octanol–water partition coefficient (Wildman–Crippen LogP) is 0.585. The minimum absolute atomic E-state index is 0. The van der Waals surface area contributed by atoms with Crippen LogP contribution in [0.4, 0.5) is 0 Å². The van der Waals surface area contributed by atoms with Gasteiger partial charge in [0.25, 0.3) is 0 Å². The van der Waals surface area contributed by atoms with E-state index in [0.717, 1.165) is 0 Å². The molecule has 0 radical (unpaired) electrons. The first kappa shape index (κ1) is 9.28. The number of hydrogen-bond acceptors (Lipinski definition) is 1. The largest absolute Gasteiger partial charge is 0.668 e. The van der Waals surface area contributed by atoms with Crippen molar-refractivity contribution < 1.29 is 46.5 Å². The van der Waals surface area contributed by atoms with Crippen molar-refractivity contribution in [2.75, 3.05) is 0 Å². The Hall–Kier alpha value is 0.847. The average molecular weight is 198 g/mol. The van der Waals surface area contributed by atoms with Crippen LogP contribution < -0.4 is 0 Å². The number of hydrogen-bond donors (Lipinski definition) is 0. The summed E-state index contributed by atoms with van der Waals surface area (Å²) in [4.78, 5) is 9.11. The summed E-state index contributed by atoms with van der Waals surface area (Å²) in [7, 11) is 0. The van der Waals surface area contributed by atoms with Gasteiger partial charge in [-0.15, -0.1) is 0 Å². The summed E-state index contributed by atoms with van der Waals surface area (Å²) in [6.07, 6.45) is 0. The summed E-state index contributed by atoms with van der Waals surface area (Å²) in [6.45, 7) is 1.19. The van der Waals surface area contributed by atoms with Crippen molar-refractivity contribution in [3.05, 3.63) is 5.73 Å². The molecule has 2 nitrogen and oxygen atoms in total. The van der Waals surface area contributed by atoms with Gasteiger partial charge in [-0.25, -0.2) is 0 Å². The van der Waals surface area contributed by atoms with Gasteiger partial charge in [-0.2, -0.15) is 0 Å². The summed E-state index contributed by atoms with van der Waals surface area (Å²) < 4.78 is 0. The fourth-order valence-corrected chi connectivity index (χ4v) is 0. The molecule has 0 aliphatic carbocycles. The van der Waals surface area contributed by atoms with Crippen LogP contribution in [0.15, 0.2) is 0 Å². The zero-order valence-electron chi connectivity index (χ0n) is 2.91. The molecule has 1 amide bonds. The van der Waals surface area contributed by atoms with E-state index in [1.54, 1.807) is 0 Å². The smallest absolute Gasteiger partial charge is 0.0456 e. The summed E-state index contributed by atoms with van der Waals surface area (Å²) in [5, 5.41) is 0. The van der Waals surface area contributed by atoms with Crippen molar-refractivity contribution in [1.29, 1.82) is 0 Å². The van der Waals surface area contributed by atoms with Crippen molar-refractivity contribution in [3.8, 4) is 0 Å². The zero-order valence-corrected chi connectivity index (χ0v) is 6.05. The molecule has 0 heterocycles. The van der Waals surface area contributed by atoms with E-state index >= 15 is 0 Å². The molecule has 5 heavy (non-hydrogen) atoms. The normalized spacial score (nSPS) is 5.00. The maximum atomic E-state index is 9.11. The van der Waals surface area contributed by atoms with Crippen LogP contribution in [-0.4, -0.2) is 5.91 Å². The van der Waals surface area contributed by atoms with Gasteiger partial charge in [0.2, 0.25) is 0 Å². The molecule has 28 valence electrons. The average Bonchev–Trinajstić information content (AvgIpc) is 0.811. The molecule has 0 aliphatic rings. The Kier molecular flexibility index (Phi) is 9.00. The molecule has 0 saturated heterocycles. The van der Waals surface area contributed by atoms with Gasteiger partial charge in [0, 0.05) is 47.7 Å². The van der Waals surface area contributed by atoms with Crippen molar-refractivity contribution in [2.45, 2.75) is 6.92 Å². The molecule has 1 N–H and O–H groups in total. The van der Waals surface area contributed by atoms with Crippen LogP contribution in [0.25, 0.3) is 5.73 Å². The molecule has 0 aromatic heterocycles. The number of rotatable bonds is 0. The second kappa shape index (κ2) is 4.85. The minimum Gasteiger partial charge on any atom is -0.668 e. The van der Waals surface area contributed by atoms with Crippen molar-refractivity contribution in [1.82, 2.24) is 0 Å². The summed E-state index contributed by atoms with van der Waals surface area (Å²) in [5.41, 5.74) is 5.94. The molecule has 3 heteroatoms. The molecule has 0 aromatic rings. The predicted molar refractivity (Wildman–Crippen MR) is 15.0 cm³/mol. The van der Waals surface area contributed by atoms with Gasteiger partial charge in [0.1, 0.15) is 0 Å². The Balaban J connectivity index is 0. The molecule has 0 aromatic carbocycles. The second-order valence-corrected chi connectivity index (χ2v) is 0.556. The topological polar surface area (TPSA) is 40.9 Å². The third-order valence-corrected chi connectivity index (χ3v) is 0. The molecule has 0 fully saturated rings. The van der Waals surface area contributed by atoms with Crippen LogP contribution in [0, 0.1) is 41.7 Å². The van der Waals surface area contributed by atoms with Crippen molar-refractivity contribution in [3.63, 3.8) is 0 Å². The van der Waals surface area contributed by atoms with E-state index in [4.69, 9.17) is 10.5 Å². The first-order chi connectivity index (χ1) is 1.73. The fourth-order valence-electron chi connectivity index (χ4n) is 0. The van der Waals surface area contributed by atoms with E-state index in [1.807, 2.05) is 0 Å². The molecule has 0 spiro atoms. The maximum Gasteiger partial charge on any atom is 0.0456 e. The van der Waals surface area contributed by atoms with Crippen LogP contribution in [0.1, 0.15) is 6.92 Å². The molecule has 0 bridgehead atoms. The zero-order chi connectivity index (χ0) is 3.58. The first-order valence-corrected chi connectivity index (χ1v) is 0.954. The Morgan fingerprint density at radius 2 is 1.80 bits per heavy atom. The van der Waals surface area contributed by atoms with Gasteiger partial charge in [-0.3, -0.25) is 0 Å². The van der Waals surface area contributed by atoms with E-state index in [-0.39, 0.29) is 41.7 Å². The fraction of sp³-hybridized carbons (Fsp3) is 0.500. The van der Waals surface area contributed by atoms with Gasteiger partial charge in [-0.05, 0) is 6.92 Å². The quantitative estimate of drug-likeness (QED) is 0.561. The second-order valence-electron chi connectivity index (χ2n) is 0.556. The van der Waals surface area contributed by atoms with E-state index in [1.165, 1.54) is 6.92 Å². The summed E-state index contributed by atoms with van der Waals surface area (Å²) >= 11 is 0. The Bertz CT molecular complexity index is 32.6. The van der Waals surface area contributed by atoms with E-state index in [2.05, 4.69) is 0 Å². The molecule has 0 aliphatic heterocycles. The number of carbonyl (C=O) groups is 1. The Morgan fingerprint density at radius 1 is 1.80 bits per heavy atom. The van der Waals surface area contributed by atoms with Crippen LogP contribution in [0.2, 0.25) is 0 Å². The Labute approximate surface area is 64.5 Å². The number of nitrogens with one attached hydrogen (secondary N) is 1. The standard InChI is InChI=1S/C2H5NO.Ce/c1-2(3)4;/h1H3,(H2,3,4);/p-1. The van der Waals surface area contributed by atoms with E-state index in [9.17, 15) is 0 Å². The van der Waals surface area contributed by atoms with Gasteiger partial charge in [0.05, 0.1) is 0 Å². The van der Waals surface area contributed by atoms with Gasteiger partial charge < -0.3 is 10.5 Å². The summed E-state index contributed by atoms with van der Waals surface area (Å²) in [5.74, 6) is -0.583. The minimum atomic E-state index is -0.583. The van der Waals surface area contributed by atoms with Gasteiger partial charge in [0.15, 0.2) is 0 Å². The summed E-state index contributed by atoms with van der Waals surface area (Å²) in [6, 6.07) is 0. The van der Waals surface area contributed by atoms with Crippen LogP contribution in [0.5, 0.6) is 0 Å². The molecular weight excluding hydrogens is 194 g/mol. The van der Waals surface area contributed by atoms with Crippen LogP contribution in [-0.2, 0) is 4.79 Å².